The van der Waals surface area contributed by atoms with Gasteiger partial charge in [-0.05, 0) is 36.4 Å². The first kappa shape index (κ1) is 16.6. The minimum atomic E-state index is -4.52. The number of rotatable bonds is 4. The van der Waals surface area contributed by atoms with Crippen molar-refractivity contribution in [1.82, 2.24) is 4.72 Å². The Bertz CT molecular complexity index is 857. The summed E-state index contributed by atoms with van der Waals surface area (Å²) in [4.78, 5) is -0.0773. The SMILES string of the molecule is O=S(=O)(NCc1ccco1)c1ccc2c(c1)C=CC(C(F)(F)F)O2. The van der Waals surface area contributed by atoms with E-state index in [1.54, 1.807) is 12.1 Å². The lowest BCUT2D eigenvalue weighted by Crippen LogP contribution is -2.34. The molecular formula is C15H12F3NO4S. The van der Waals surface area contributed by atoms with Gasteiger partial charge in [0, 0.05) is 5.56 Å². The molecule has 0 bridgehead atoms. The predicted molar refractivity (Wildman–Crippen MR) is 78.7 cm³/mol. The normalized spacial score (nSPS) is 17.4. The third-order valence-corrected chi connectivity index (χ3v) is 4.73. The van der Waals surface area contributed by atoms with E-state index in [0.29, 0.717) is 5.76 Å². The molecule has 0 spiro atoms. The Labute approximate surface area is 135 Å². The Kier molecular flexibility index (Phi) is 4.14. The first-order valence-electron chi connectivity index (χ1n) is 6.83. The fourth-order valence-corrected chi connectivity index (χ4v) is 3.17. The van der Waals surface area contributed by atoms with Crippen LogP contribution in [-0.4, -0.2) is 20.7 Å². The Morgan fingerprint density at radius 1 is 1.21 bits per heavy atom. The van der Waals surface area contributed by atoms with Gasteiger partial charge < -0.3 is 9.15 Å². The number of sulfonamides is 1. The van der Waals surface area contributed by atoms with Gasteiger partial charge in [-0.2, -0.15) is 13.2 Å². The quantitative estimate of drug-likeness (QED) is 0.911. The van der Waals surface area contributed by atoms with Crippen LogP contribution in [0, 0.1) is 0 Å². The summed E-state index contributed by atoms with van der Waals surface area (Å²) in [5, 5.41) is 0. The van der Waals surface area contributed by atoms with Crippen LogP contribution in [0.15, 0.2) is 52.0 Å². The van der Waals surface area contributed by atoms with E-state index in [9.17, 15) is 21.6 Å². The molecule has 24 heavy (non-hydrogen) atoms. The van der Waals surface area contributed by atoms with Gasteiger partial charge in [-0.15, -0.1) is 0 Å². The number of hydrogen-bond donors (Lipinski definition) is 1. The predicted octanol–water partition coefficient (Wildman–Crippen LogP) is 3.09. The van der Waals surface area contributed by atoms with Crippen molar-refractivity contribution in [2.45, 2.75) is 23.7 Å². The van der Waals surface area contributed by atoms with Gasteiger partial charge in [0.05, 0.1) is 17.7 Å². The summed E-state index contributed by atoms with van der Waals surface area (Å²) in [6, 6.07) is 6.89. The molecule has 1 aromatic heterocycles. The summed E-state index contributed by atoms with van der Waals surface area (Å²) in [7, 11) is -3.83. The van der Waals surface area contributed by atoms with Gasteiger partial charge in [0.25, 0.3) is 0 Å². The fraction of sp³-hybridized carbons (Fsp3) is 0.200. The van der Waals surface area contributed by atoms with Crippen LogP contribution in [0.25, 0.3) is 6.08 Å². The number of nitrogens with one attached hydrogen (secondary N) is 1. The molecule has 0 amide bonds. The molecule has 0 fully saturated rings. The van der Waals surface area contributed by atoms with Crippen molar-refractivity contribution in [3.05, 3.63) is 54.0 Å². The van der Waals surface area contributed by atoms with Gasteiger partial charge in [-0.1, -0.05) is 6.08 Å². The van der Waals surface area contributed by atoms with Crippen LogP contribution in [0.4, 0.5) is 13.2 Å². The average molecular weight is 359 g/mol. The summed E-state index contributed by atoms with van der Waals surface area (Å²) in [5.41, 5.74) is 0.261. The molecule has 2 heterocycles. The lowest BCUT2D eigenvalue weighted by atomic mass is 10.1. The highest BCUT2D eigenvalue weighted by molar-refractivity contribution is 7.89. The lowest BCUT2D eigenvalue weighted by Gasteiger charge is -2.23. The molecule has 1 unspecified atom stereocenters. The molecule has 3 rings (SSSR count). The number of benzene rings is 1. The monoisotopic (exact) mass is 359 g/mol. The van der Waals surface area contributed by atoms with Gasteiger partial charge in [-0.25, -0.2) is 13.1 Å². The first-order valence-corrected chi connectivity index (χ1v) is 8.32. The molecule has 0 radical (unpaired) electrons. The van der Waals surface area contributed by atoms with Crippen molar-refractivity contribution in [2.24, 2.45) is 0 Å². The maximum atomic E-state index is 12.6. The van der Waals surface area contributed by atoms with Crippen molar-refractivity contribution >= 4 is 16.1 Å². The summed E-state index contributed by atoms with van der Waals surface area (Å²) in [5.74, 6) is 0.414. The van der Waals surface area contributed by atoms with Crippen molar-refractivity contribution in [3.8, 4) is 5.75 Å². The van der Waals surface area contributed by atoms with Crippen LogP contribution in [0.5, 0.6) is 5.75 Å². The number of fused-ring (bicyclic) bond motifs is 1. The van der Waals surface area contributed by atoms with Crippen LogP contribution < -0.4 is 9.46 Å². The van der Waals surface area contributed by atoms with Crippen LogP contribution in [0.3, 0.4) is 0 Å². The molecular weight excluding hydrogens is 347 g/mol. The third-order valence-electron chi connectivity index (χ3n) is 3.34. The fourth-order valence-electron chi connectivity index (χ4n) is 2.14. The summed E-state index contributed by atoms with van der Waals surface area (Å²) >= 11 is 0. The van der Waals surface area contributed by atoms with Gasteiger partial charge in [0.2, 0.25) is 16.1 Å². The van der Waals surface area contributed by atoms with Crippen LogP contribution in [0.1, 0.15) is 11.3 Å². The van der Waals surface area contributed by atoms with Crippen LogP contribution >= 0.6 is 0 Å². The van der Waals surface area contributed by atoms with Crippen molar-refractivity contribution in [1.29, 1.82) is 0 Å². The first-order chi connectivity index (χ1) is 11.3. The number of halogens is 3. The maximum absolute atomic E-state index is 12.6. The molecule has 0 saturated heterocycles. The molecule has 1 aromatic carbocycles. The number of furan rings is 1. The van der Waals surface area contributed by atoms with E-state index in [1.165, 1.54) is 30.5 Å². The second-order valence-electron chi connectivity index (χ2n) is 5.04. The molecule has 0 saturated carbocycles. The highest BCUT2D eigenvalue weighted by Crippen LogP contribution is 2.34. The number of alkyl halides is 3. The zero-order valence-corrected chi connectivity index (χ0v) is 12.9. The molecule has 5 nitrogen and oxygen atoms in total. The molecule has 9 heteroatoms. The highest BCUT2D eigenvalue weighted by atomic mass is 32.2. The van der Waals surface area contributed by atoms with Gasteiger partial charge in [0.1, 0.15) is 11.5 Å². The Balaban J connectivity index is 1.80. The minimum Gasteiger partial charge on any atom is -0.476 e. The molecule has 128 valence electrons. The van der Waals surface area contributed by atoms with Crippen LogP contribution in [-0.2, 0) is 16.6 Å². The van der Waals surface area contributed by atoms with E-state index >= 15 is 0 Å². The average Bonchev–Trinajstić information content (AvgIpc) is 3.04. The van der Waals surface area contributed by atoms with Crippen molar-refractivity contribution in [3.63, 3.8) is 0 Å². The van der Waals surface area contributed by atoms with E-state index in [1.807, 2.05) is 0 Å². The third kappa shape index (κ3) is 3.46. The van der Waals surface area contributed by atoms with Crippen LogP contribution in [0.2, 0.25) is 0 Å². The zero-order chi connectivity index (χ0) is 17.4. The summed E-state index contributed by atoms with van der Waals surface area (Å²) in [6.07, 6.45) is -3.10. The van der Waals surface area contributed by atoms with E-state index < -0.39 is 22.3 Å². The van der Waals surface area contributed by atoms with Gasteiger partial charge in [0.15, 0.2) is 0 Å². The maximum Gasteiger partial charge on any atom is 0.429 e. The Morgan fingerprint density at radius 3 is 2.67 bits per heavy atom. The Hall–Kier alpha value is -2.26. The molecule has 1 aliphatic rings. The topological polar surface area (TPSA) is 68.5 Å². The minimum absolute atomic E-state index is 0.0233. The van der Waals surface area contributed by atoms with E-state index in [0.717, 1.165) is 6.08 Å². The number of ether oxygens (including phenoxy) is 1. The standard InChI is InChI=1S/C15H12F3NO4S/c16-15(17,18)14-6-3-10-8-12(4-5-13(10)23-14)24(20,21)19-9-11-2-1-7-22-11/h1-8,14,19H,9H2. The van der Waals surface area contributed by atoms with E-state index in [4.69, 9.17) is 9.15 Å². The largest absolute Gasteiger partial charge is 0.476 e. The highest BCUT2D eigenvalue weighted by Gasteiger charge is 2.41. The zero-order valence-electron chi connectivity index (χ0n) is 12.1. The summed E-state index contributed by atoms with van der Waals surface area (Å²) < 4.78 is 74.6. The molecule has 0 aliphatic carbocycles. The molecule has 1 N–H and O–H groups in total. The van der Waals surface area contributed by atoms with Gasteiger partial charge in [-0.3, -0.25) is 0 Å². The molecule has 1 atom stereocenters. The summed E-state index contributed by atoms with van der Waals surface area (Å²) in [6.45, 7) is -0.0328. The lowest BCUT2D eigenvalue weighted by molar-refractivity contribution is -0.180. The molecule has 2 aromatic rings. The van der Waals surface area contributed by atoms with E-state index in [-0.39, 0.29) is 22.8 Å². The second kappa shape index (κ2) is 5.99. The van der Waals surface area contributed by atoms with E-state index in [2.05, 4.69) is 4.72 Å². The molecule has 1 aliphatic heterocycles. The number of hydrogen-bond acceptors (Lipinski definition) is 4. The van der Waals surface area contributed by atoms with Crippen molar-refractivity contribution < 1.29 is 30.7 Å². The Morgan fingerprint density at radius 2 is 2.00 bits per heavy atom. The van der Waals surface area contributed by atoms with Gasteiger partial charge >= 0.3 is 6.18 Å². The second-order valence-corrected chi connectivity index (χ2v) is 6.81. The van der Waals surface area contributed by atoms with Crippen molar-refractivity contribution in [2.75, 3.05) is 0 Å². The smallest absolute Gasteiger partial charge is 0.429 e.